The molecule has 3 fully saturated rings. The second kappa shape index (κ2) is 11.2. The molecule has 242 valence electrons. The van der Waals surface area contributed by atoms with E-state index in [4.69, 9.17) is 19.2 Å². The van der Waals surface area contributed by atoms with E-state index in [-0.39, 0.29) is 77.0 Å². The van der Waals surface area contributed by atoms with Gasteiger partial charge in [-0.05, 0) is 49.4 Å². The van der Waals surface area contributed by atoms with Crippen LogP contribution in [0.15, 0.2) is 30.8 Å². The van der Waals surface area contributed by atoms with Gasteiger partial charge in [0.2, 0.25) is 5.88 Å². The number of nitriles is 1. The molecule has 47 heavy (non-hydrogen) atoms. The number of nitrogens with zero attached hydrogens (tertiary/aromatic N) is 6. The summed E-state index contributed by atoms with van der Waals surface area (Å²) in [5.41, 5.74) is -0.699. The van der Waals surface area contributed by atoms with Gasteiger partial charge in [-0.15, -0.1) is 0 Å². The smallest absolute Gasteiger partial charge is 0.319 e. The second-order valence-corrected chi connectivity index (χ2v) is 12.6. The highest BCUT2D eigenvalue weighted by atomic mass is 19.1. The lowest BCUT2D eigenvalue weighted by atomic mass is 9.95. The van der Waals surface area contributed by atoms with E-state index in [1.807, 2.05) is 0 Å². The first-order chi connectivity index (χ1) is 22.8. The summed E-state index contributed by atoms with van der Waals surface area (Å²) in [5, 5.41) is 21.7. The molecule has 0 spiro atoms. The fourth-order valence-corrected chi connectivity index (χ4v) is 7.77. The first kappa shape index (κ1) is 29.7. The molecule has 13 heteroatoms. The van der Waals surface area contributed by atoms with Crippen LogP contribution in [0.25, 0.3) is 39.0 Å². The molecule has 0 saturated carbocycles. The molecule has 4 aromatic rings. The van der Waals surface area contributed by atoms with Crippen LogP contribution in [0.2, 0.25) is 0 Å². The van der Waals surface area contributed by atoms with Crippen molar-refractivity contribution in [2.24, 2.45) is 0 Å². The van der Waals surface area contributed by atoms with Crippen LogP contribution in [0, 0.1) is 23.0 Å². The van der Waals surface area contributed by atoms with E-state index in [2.05, 4.69) is 27.5 Å². The number of aromatic hydroxyl groups is 1. The molecule has 0 amide bonds. The predicted octanol–water partition coefficient (Wildman–Crippen LogP) is 5.31. The minimum Gasteiger partial charge on any atom is -0.508 e. The monoisotopic (exact) mass is 644 g/mol. The van der Waals surface area contributed by atoms with Crippen LogP contribution < -0.4 is 14.4 Å². The highest BCUT2D eigenvalue weighted by Crippen LogP contribution is 2.45. The van der Waals surface area contributed by atoms with Crippen LogP contribution >= 0.6 is 0 Å². The van der Waals surface area contributed by atoms with Gasteiger partial charge in [0.05, 0.1) is 24.3 Å². The number of aromatic nitrogens is 3. The van der Waals surface area contributed by atoms with E-state index in [1.165, 1.54) is 30.3 Å². The number of phenolic OH excluding ortho intramolecular Hbond substituents is 1. The zero-order valence-electron chi connectivity index (χ0n) is 25.4. The van der Waals surface area contributed by atoms with Crippen molar-refractivity contribution < 1.29 is 32.5 Å². The maximum Gasteiger partial charge on any atom is 0.319 e. The molecule has 8 rings (SSSR count). The van der Waals surface area contributed by atoms with Crippen molar-refractivity contribution in [3.05, 3.63) is 48.0 Å². The predicted molar refractivity (Wildman–Crippen MR) is 167 cm³/mol. The van der Waals surface area contributed by atoms with Gasteiger partial charge < -0.3 is 24.2 Å². The van der Waals surface area contributed by atoms with Gasteiger partial charge in [-0.2, -0.15) is 15.2 Å². The van der Waals surface area contributed by atoms with Crippen molar-refractivity contribution in [2.45, 2.75) is 49.5 Å². The molecule has 3 saturated heterocycles. The molecule has 6 heterocycles. The third-order valence-corrected chi connectivity index (χ3v) is 9.90. The number of fused-ring (bicyclic) bond motifs is 4. The lowest BCUT2D eigenvalue weighted by Crippen LogP contribution is -2.46. The number of halogens is 3. The summed E-state index contributed by atoms with van der Waals surface area (Å²) < 4.78 is 64.7. The van der Waals surface area contributed by atoms with Crippen molar-refractivity contribution >= 4 is 33.6 Å². The Balaban J connectivity index is 1.36. The van der Waals surface area contributed by atoms with Crippen molar-refractivity contribution in [3.8, 4) is 35.0 Å². The molecular formula is C34H31F3N6O4. The van der Waals surface area contributed by atoms with Gasteiger partial charge in [-0.3, -0.25) is 4.90 Å². The van der Waals surface area contributed by atoms with Crippen LogP contribution in [0.5, 0.6) is 17.6 Å². The lowest BCUT2D eigenvalue weighted by molar-refractivity contribution is 0.107. The number of ether oxygens (including phenoxy) is 3. The van der Waals surface area contributed by atoms with Crippen molar-refractivity contribution in [1.29, 1.82) is 5.26 Å². The summed E-state index contributed by atoms with van der Waals surface area (Å²) in [6.45, 7) is 5.51. The Labute approximate surface area is 268 Å². The number of hydrogen-bond acceptors (Lipinski definition) is 10. The summed E-state index contributed by atoms with van der Waals surface area (Å²) >= 11 is 0. The second-order valence-electron chi connectivity index (χ2n) is 12.6. The van der Waals surface area contributed by atoms with E-state index < -0.39 is 29.4 Å². The number of anilines is 1. The van der Waals surface area contributed by atoms with E-state index >= 15 is 8.78 Å². The minimum atomic E-state index is -0.969. The first-order valence-electron chi connectivity index (χ1n) is 15.7. The Hall–Kier alpha value is -4.67. The van der Waals surface area contributed by atoms with Gasteiger partial charge in [0.1, 0.15) is 53.6 Å². The maximum absolute atomic E-state index is 17.0. The van der Waals surface area contributed by atoms with Gasteiger partial charge in [0.15, 0.2) is 11.6 Å². The molecule has 1 N–H and O–H groups in total. The Kier molecular flexibility index (Phi) is 7.11. The molecule has 4 atom stereocenters. The SMILES string of the molecule is C=Cc1c(F)ccc2cc(O)cc(-c3nc4c5c(nc(OC[C@@]67CCCN6C[C@H](F)C7)nc5c3F)N3[C@@H](CCOC[C@@H]3C#N)CO4)c12. The fraction of sp³-hybridized carbons (Fsp3) is 0.412. The molecule has 0 aliphatic carbocycles. The Morgan fingerprint density at radius 1 is 1.19 bits per heavy atom. The van der Waals surface area contributed by atoms with Crippen molar-refractivity contribution in [3.63, 3.8) is 0 Å². The number of benzene rings is 2. The number of hydrogen-bond donors (Lipinski definition) is 1. The summed E-state index contributed by atoms with van der Waals surface area (Å²) in [5.74, 6) is -1.39. The zero-order chi connectivity index (χ0) is 32.4. The summed E-state index contributed by atoms with van der Waals surface area (Å²) in [7, 11) is 0. The summed E-state index contributed by atoms with van der Waals surface area (Å²) in [6, 6.07) is 6.49. The third-order valence-electron chi connectivity index (χ3n) is 9.90. The molecule has 2 aromatic heterocycles. The fourth-order valence-electron chi connectivity index (χ4n) is 7.77. The largest absolute Gasteiger partial charge is 0.508 e. The number of alkyl halides is 1. The van der Waals surface area contributed by atoms with Crippen LogP contribution in [0.1, 0.15) is 31.2 Å². The highest BCUT2D eigenvalue weighted by Gasteiger charge is 2.49. The van der Waals surface area contributed by atoms with E-state index in [9.17, 15) is 14.8 Å². The first-order valence-corrected chi connectivity index (χ1v) is 15.7. The van der Waals surface area contributed by atoms with E-state index in [1.54, 1.807) is 4.90 Å². The van der Waals surface area contributed by atoms with Gasteiger partial charge in [-0.25, -0.2) is 18.2 Å². The average molecular weight is 645 g/mol. The van der Waals surface area contributed by atoms with E-state index in [0.717, 1.165) is 19.4 Å². The van der Waals surface area contributed by atoms with Gasteiger partial charge in [0.25, 0.3) is 0 Å². The quantitative estimate of drug-likeness (QED) is 0.307. The number of rotatable bonds is 5. The van der Waals surface area contributed by atoms with Gasteiger partial charge >= 0.3 is 6.01 Å². The molecular weight excluding hydrogens is 613 g/mol. The molecule has 4 aliphatic rings. The minimum absolute atomic E-state index is 0.0216. The molecule has 2 aromatic carbocycles. The molecule has 0 unspecified atom stereocenters. The summed E-state index contributed by atoms with van der Waals surface area (Å²) in [4.78, 5) is 17.7. The zero-order valence-corrected chi connectivity index (χ0v) is 25.4. The normalized spacial score (nSPS) is 25.5. The number of pyridine rings is 1. The Bertz CT molecular complexity index is 1990. The Morgan fingerprint density at radius 2 is 2.06 bits per heavy atom. The van der Waals surface area contributed by atoms with E-state index in [0.29, 0.717) is 36.8 Å². The summed E-state index contributed by atoms with van der Waals surface area (Å²) in [6.07, 6.45) is 2.85. The molecule has 10 nitrogen and oxygen atoms in total. The van der Waals surface area contributed by atoms with Crippen LogP contribution in [0.4, 0.5) is 19.0 Å². The van der Waals surface area contributed by atoms with Crippen LogP contribution in [-0.2, 0) is 4.74 Å². The topological polar surface area (TPSA) is 117 Å². The average Bonchev–Trinajstić information content (AvgIpc) is 3.43. The van der Waals surface area contributed by atoms with Gasteiger partial charge in [0, 0.05) is 36.1 Å². The highest BCUT2D eigenvalue weighted by molar-refractivity contribution is 6.05. The maximum atomic E-state index is 17.0. The van der Waals surface area contributed by atoms with Crippen molar-refractivity contribution in [1.82, 2.24) is 19.9 Å². The number of phenols is 1. The van der Waals surface area contributed by atoms with Gasteiger partial charge in [-0.1, -0.05) is 18.7 Å². The van der Waals surface area contributed by atoms with Crippen LogP contribution in [-0.4, -0.2) is 88.3 Å². The molecule has 0 radical (unpaired) electrons. The standard InChI is InChI=1S/C34H31F3N6O4/c1-2-23-25(36)5-4-18-10-22(44)11-24(26(18)23)29-28(37)30-27-31(43-20(16-46-32(27)39-29)6-9-45-15-21(43)13-38)41-33(40-30)47-17-34-7-3-8-42(34)14-19(35)12-34/h2,4-5,10-11,19-21,44H,1,3,6-9,12,14-17H2/t19-,20+,21+,34+/m1/s1. The molecule has 0 bridgehead atoms. The van der Waals surface area contributed by atoms with Crippen molar-refractivity contribution in [2.75, 3.05) is 44.4 Å². The Morgan fingerprint density at radius 3 is 2.89 bits per heavy atom. The third kappa shape index (κ3) is 4.72. The molecule has 4 aliphatic heterocycles. The van der Waals surface area contributed by atoms with Crippen LogP contribution in [0.3, 0.4) is 0 Å². The lowest BCUT2D eigenvalue weighted by Gasteiger charge is -2.32.